The first kappa shape index (κ1) is 14.2. The van der Waals surface area contributed by atoms with E-state index in [1.165, 1.54) is 5.56 Å². The Labute approximate surface area is 115 Å². The van der Waals surface area contributed by atoms with Crippen molar-refractivity contribution >= 4 is 31.9 Å². The van der Waals surface area contributed by atoms with Crippen molar-refractivity contribution in [2.75, 3.05) is 24.4 Å². The summed E-state index contributed by atoms with van der Waals surface area (Å²) in [5.41, 5.74) is 1.63. The third-order valence-corrected chi connectivity index (χ3v) is 5.20. The van der Waals surface area contributed by atoms with Crippen LogP contribution in [0.25, 0.3) is 0 Å². The van der Waals surface area contributed by atoms with Crippen LogP contribution in [0.3, 0.4) is 0 Å². The average molecular weight is 350 g/mol. The molecule has 0 saturated carbocycles. The highest BCUT2D eigenvalue weighted by atomic mass is 79.9. The van der Waals surface area contributed by atoms with Crippen molar-refractivity contribution in [2.24, 2.45) is 5.41 Å². The van der Waals surface area contributed by atoms with E-state index < -0.39 is 0 Å². The van der Waals surface area contributed by atoms with Crippen LogP contribution in [0.1, 0.15) is 12.0 Å². The lowest BCUT2D eigenvalue weighted by Gasteiger charge is -2.30. The van der Waals surface area contributed by atoms with Crippen molar-refractivity contribution in [3.05, 3.63) is 35.9 Å². The first-order valence-electron chi connectivity index (χ1n) is 5.41. The maximum Gasteiger partial charge on any atom is 0.0468 e. The lowest BCUT2D eigenvalue weighted by atomic mass is 9.83. The number of hydrogen-bond donors (Lipinski definition) is 0. The summed E-state index contributed by atoms with van der Waals surface area (Å²) < 4.78 is 5.20. The molecular weight excluding hydrogens is 332 g/mol. The Morgan fingerprint density at radius 1 is 1.12 bits per heavy atom. The van der Waals surface area contributed by atoms with Gasteiger partial charge in [-0.05, 0) is 23.8 Å². The molecule has 16 heavy (non-hydrogen) atoms. The Kier molecular flexibility index (Phi) is 6.62. The van der Waals surface area contributed by atoms with Crippen molar-refractivity contribution in [3.8, 4) is 0 Å². The Balaban J connectivity index is 2.70. The minimum absolute atomic E-state index is 0.247. The molecule has 1 aromatic carbocycles. The highest BCUT2D eigenvalue weighted by Crippen LogP contribution is 2.31. The van der Waals surface area contributed by atoms with Gasteiger partial charge in [-0.1, -0.05) is 62.2 Å². The van der Waals surface area contributed by atoms with Crippen molar-refractivity contribution in [3.63, 3.8) is 0 Å². The van der Waals surface area contributed by atoms with Crippen molar-refractivity contribution in [1.29, 1.82) is 0 Å². The highest BCUT2D eigenvalue weighted by Gasteiger charge is 2.27. The fraction of sp³-hybridized carbons (Fsp3) is 0.538. The third-order valence-electron chi connectivity index (χ3n) is 2.83. The lowest BCUT2D eigenvalue weighted by molar-refractivity contribution is 0.156. The summed E-state index contributed by atoms with van der Waals surface area (Å²) >= 11 is 7.27. The molecule has 0 spiro atoms. The molecule has 1 rings (SSSR count). The molecule has 0 aliphatic heterocycles. The molecule has 1 nitrogen and oxygen atoms in total. The molecule has 0 aliphatic carbocycles. The molecule has 90 valence electrons. The van der Waals surface area contributed by atoms with Gasteiger partial charge >= 0.3 is 0 Å². The number of halogens is 2. The quantitative estimate of drug-likeness (QED) is 0.675. The van der Waals surface area contributed by atoms with Gasteiger partial charge in [-0.15, -0.1) is 0 Å². The van der Waals surface area contributed by atoms with Crippen LogP contribution in [0.2, 0.25) is 0 Å². The molecule has 3 heteroatoms. The largest absolute Gasteiger partial charge is 0.385 e. The molecular formula is C13H18Br2O. The topological polar surface area (TPSA) is 9.23 Å². The number of methoxy groups -OCH3 is 1. The molecule has 0 saturated heterocycles. The second kappa shape index (κ2) is 7.46. The fourth-order valence-electron chi connectivity index (χ4n) is 1.70. The van der Waals surface area contributed by atoms with Crippen LogP contribution in [0.4, 0.5) is 0 Å². The number of rotatable bonds is 7. The van der Waals surface area contributed by atoms with Crippen LogP contribution in [-0.2, 0) is 11.2 Å². The summed E-state index contributed by atoms with van der Waals surface area (Å²) in [6.07, 6.45) is 2.14. The number of ether oxygens (including phenoxy) is 1. The van der Waals surface area contributed by atoms with Gasteiger partial charge in [0.1, 0.15) is 0 Å². The van der Waals surface area contributed by atoms with Crippen molar-refractivity contribution in [2.45, 2.75) is 12.8 Å². The molecule has 0 unspecified atom stereocenters. The van der Waals surface area contributed by atoms with Crippen LogP contribution in [0.5, 0.6) is 0 Å². The molecule has 0 atom stereocenters. The zero-order valence-corrected chi connectivity index (χ0v) is 12.8. The highest BCUT2D eigenvalue weighted by molar-refractivity contribution is 9.09. The SMILES string of the molecule is COCCC(CBr)(CBr)Cc1ccccc1. The summed E-state index contributed by atoms with van der Waals surface area (Å²) in [5.74, 6) is 0. The summed E-state index contributed by atoms with van der Waals surface area (Å²) in [4.78, 5) is 0. The Bertz CT molecular complexity index is 283. The molecule has 0 heterocycles. The van der Waals surface area contributed by atoms with Crippen LogP contribution in [-0.4, -0.2) is 24.4 Å². The van der Waals surface area contributed by atoms with Crippen LogP contribution in [0, 0.1) is 5.41 Å². The van der Waals surface area contributed by atoms with Gasteiger partial charge in [0.15, 0.2) is 0 Å². The lowest BCUT2D eigenvalue weighted by Crippen LogP contribution is -2.29. The molecule has 0 radical (unpaired) electrons. The fourth-order valence-corrected chi connectivity index (χ4v) is 3.59. The first-order chi connectivity index (χ1) is 7.76. The molecule has 0 N–H and O–H groups in total. The molecule has 0 amide bonds. The normalized spacial score (nSPS) is 11.7. The predicted octanol–water partition coefficient (Wildman–Crippen LogP) is 4.04. The van der Waals surface area contributed by atoms with E-state index in [4.69, 9.17) is 4.74 Å². The number of benzene rings is 1. The second-order valence-electron chi connectivity index (χ2n) is 4.17. The van der Waals surface area contributed by atoms with E-state index in [1.54, 1.807) is 7.11 Å². The minimum atomic E-state index is 0.247. The van der Waals surface area contributed by atoms with Crippen LogP contribution in [0.15, 0.2) is 30.3 Å². The summed E-state index contributed by atoms with van der Waals surface area (Å²) in [6, 6.07) is 10.6. The van der Waals surface area contributed by atoms with Crippen molar-refractivity contribution < 1.29 is 4.74 Å². The second-order valence-corrected chi connectivity index (χ2v) is 5.29. The molecule has 0 bridgehead atoms. The smallest absolute Gasteiger partial charge is 0.0468 e. The molecule has 1 aromatic rings. The monoisotopic (exact) mass is 348 g/mol. The van der Waals surface area contributed by atoms with Gasteiger partial charge in [0.25, 0.3) is 0 Å². The van der Waals surface area contributed by atoms with Gasteiger partial charge < -0.3 is 4.74 Å². The summed E-state index contributed by atoms with van der Waals surface area (Å²) in [7, 11) is 1.76. The Morgan fingerprint density at radius 3 is 2.25 bits per heavy atom. The average Bonchev–Trinajstić information content (AvgIpc) is 2.36. The molecule has 0 aliphatic rings. The van der Waals surface area contributed by atoms with E-state index in [2.05, 4.69) is 62.2 Å². The minimum Gasteiger partial charge on any atom is -0.385 e. The zero-order valence-electron chi connectivity index (χ0n) is 9.59. The van der Waals surface area contributed by atoms with E-state index in [9.17, 15) is 0 Å². The van der Waals surface area contributed by atoms with E-state index in [-0.39, 0.29) is 5.41 Å². The van der Waals surface area contributed by atoms with Gasteiger partial charge in [-0.25, -0.2) is 0 Å². The van der Waals surface area contributed by atoms with Crippen LogP contribution < -0.4 is 0 Å². The van der Waals surface area contributed by atoms with Gasteiger partial charge in [0.05, 0.1) is 0 Å². The van der Waals surface area contributed by atoms with Gasteiger partial charge in [-0.3, -0.25) is 0 Å². The van der Waals surface area contributed by atoms with Crippen molar-refractivity contribution in [1.82, 2.24) is 0 Å². The van der Waals surface area contributed by atoms with E-state index in [0.29, 0.717) is 0 Å². The molecule has 0 aromatic heterocycles. The maximum atomic E-state index is 5.20. The van der Waals surface area contributed by atoms with E-state index >= 15 is 0 Å². The first-order valence-corrected chi connectivity index (χ1v) is 7.65. The van der Waals surface area contributed by atoms with Crippen LogP contribution >= 0.6 is 31.9 Å². The van der Waals surface area contributed by atoms with Gasteiger partial charge in [0, 0.05) is 24.4 Å². The number of hydrogen-bond acceptors (Lipinski definition) is 1. The van der Waals surface area contributed by atoms with E-state index in [0.717, 1.165) is 30.1 Å². The summed E-state index contributed by atoms with van der Waals surface area (Å²) in [6.45, 7) is 0.810. The Morgan fingerprint density at radius 2 is 1.75 bits per heavy atom. The predicted molar refractivity (Wildman–Crippen MR) is 76.7 cm³/mol. The maximum absolute atomic E-state index is 5.20. The van der Waals surface area contributed by atoms with Gasteiger partial charge in [0.2, 0.25) is 0 Å². The molecule has 0 fully saturated rings. The zero-order chi connectivity index (χ0) is 11.9. The van der Waals surface area contributed by atoms with Gasteiger partial charge in [-0.2, -0.15) is 0 Å². The number of alkyl halides is 2. The van der Waals surface area contributed by atoms with E-state index in [1.807, 2.05) is 0 Å². The summed E-state index contributed by atoms with van der Waals surface area (Å²) in [5, 5.41) is 1.98. The standard InChI is InChI=1S/C13H18Br2O/c1-16-8-7-13(10-14,11-15)9-12-5-3-2-4-6-12/h2-6H,7-11H2,1H3. The Hall–Kier alpha value is 0.140. The third kappa shape index (κ3) is 4.19.